The summed E-state index contributed by atoms with van der Waals surface area (Å²) in [5.74, 6) is 0. The summed E-state index contributed by atoms with van der Waals surface area (Å²) in [6.45, 7) is 5.30. The minimum atomic E-state index is 0. The largest absolute Gasteiger partial charge is 1.00 e. The fraction of sp³-hybridized carbons (Fsp3) is 0.750. The first-order chi connectivity index (χ1) is 5.24. The normalized spacial score (nSPS) is 9.58. The van der Waals surface area contributed by atoms with Gasteiger partial charge in [-0.1, -0.05) is 13.3 Å². The Morgan fingerprint density at radius 3 is 2.67 bits per heavy atom. The van der Waals surface area contributed by atoms with Crippen LogP contribution in [0.15, 0.2) is 6.20 Å². The molecule has 0 aliphatic carbocycles. The van der Waals surface area contributed by atoms with Gasteiger partial charge in [-0.25, -0.2) is 0 Å². The van der Waals surface area contributed by atoms with Crippen LogP contribution < -0.4 is 17.1 Å². The summed E-state index contributed by atoms with van der Waals surface area (Å²) in [6, 6.07) is 0. The molecule has 0 aromatic carbocycles. The fourth-order valence-corrected chi connectivity index (χ4v) is 0.997. The van der Waals surface area contributed by atoms with Gasteiger partial charge in [0.1, 0.15) is 13.6 Å². The molecule has 0 unspecified atom stereocenters. The van der Waals surface area contributed by atoms with Crippen LogP contribution >= 0.6 is 0 Å². The highest BCUT2D eigenvalue weighted by Crippen LogP contribution is 1.89. The van der Waals surface area contributed by atoms with Crippen molar-refractivity contribution in [3.05, 3.63) is 11.9 Å². The summed E-state index contributed by atoms with van der Waals surface area (Å²) < 4.78 is 3.90. The van der Waals surface area contributed by atoms with E-state index < -0.39 is 0 Å². The average Bonchev–Trinajstić information content (AvgIpc) is 2.28. The third-order valence-electron chi connectivity index (χ3n) is 1.84. The second-order valence-electron chi connectivity index (χ2n) is 2.90. The average molecular weight is 190 g/mol. The van der Waals surface area contributed by atoms with E-state index in [1.165, 1.54) is 18.5 Å². The van der Waals surface area contributed by atoms with E-state index in [-0.39, 0.29) is 12.4 Å². The highest BCUT2D eigenvalue weighted by Gasteiger charge is 2.05. The number of unbranched alkanes of at least 4 members (excludes halogenated alkanes) is 1. The van der Waals surface area contributed by atoms with Crippen LogP contribution in [-0.4, -0.2) is 9.90 Å². The van der Waals surface area contributed by atoms with Gasteiger partial charge < -0.3 is 12.4 Å². The third-order valence-corrected chi connectivity index (χ3v) is 1.84. The van der Waals surface area contributed by atoms with Crippen molar-refractivity contribution in [2.24, 2.45) is 7.05 Å². The van der Waals surface area contributed by atoms with Gasteiger partial charge in [0.2, 0.25) is 0 Å². The van der Waals surface area contributed by atoms with Gasteiger partial charge in [-0.05, 0) is 6.42 Å². The number of hydrogen-bond acceptors (Lipinski definition) is 1. The van der Waals surface area contributed by atoms with Crippen molar-refractivity contribution in [3.8, 4) is 0 Å². The number of halogens is 1. The van der Waals surface area contributed by atoms with Gasteiger partial charge in [-0.15, -0.1) is 9.36 Å². The number of aromatic nitrogens is 3. The van der Waals surface area contributed by atoms with Crippen LogP contribution in [0.5, 0.6) is 0 Å². The zero-order valence-electron chi connectivity index (χ0n) is 7.92. The van der Waals surface area contributed by atoms with Gasteiger partial charge in [-0.2, -0.15) is 0 Å². The van der Waals surface area contributed by atoms with E-state index in [0.717, 1.165) is 6.54 Å². The molecule has 1 aromatic heterocycles. The van der Waals surface area contributed by atoms with E-state index in [2.05, 4.69) is 25.3 Å². The lowest BCUT2D eigenvalue weighted by molar-refractivity contribution is -0.755. The Morgan fingerprint density at radius 2 is 2.25 bits per heavy atom. The van der Waals surface area contributed by atoms with Crippen molar-refractivity contribution in [2.75, 3.05) is 0 Å². The Labute approximate surface area is 79.8 Å². The van der Waals surface area contributed by atoms with Crippen molar-refractivity contribution in [1.82, 2.24) is 9.90 Å². The Balaban J connectivity index is 0.00000121. The molecular formula is C8H16ClN3. The minimum absolute atomic E-state index is 0. The summed E-state index contributed by atoms with van der Waals surface area (Å²) >= 11 is 0. The lowest BCUT2D eigenvalue weighted by Gasteiger charge is -1.88. The molecule has 3 nitrogen and oxygen atoms in total. The smallest absolute Gasteiger partial charge is 0.164 e. The van der Waals surface area contributed by atoms with Crippen molar-refractivity contribution in [1.29, 1.82) is 0 Å². The molecule has 1 aromatic rings. The summed E-state index contributed by atoms with van der Waals surface area (Å²) in [5.41, 5.74) is 1.21. The van der Waals surface area contributed by atoms with Gasteiger partial charge in [0.15, 0.2) is 11.9 Å². The zero-order chi connectivity index (χ0) is 8.27. The van der Waals surface area contributed by atoms with E-state index in [4.69, 9.17) is 0 Å². The van der Waals surface area contributed by atoms with E-state index in [0.29, 0.717) is 0 Å². The van der Waals surface area contributed by atoms with Gasteiger partial charge in [0.05, 0.1) is 5.21 Å². The maximum atomic E-state index is 4.28. The summed E-state index contributed by atoms with van der Waals surface area (Å²) in [7, 11) is 1.97. The molecule has 0 amide bonds. The SMILES string of the molecule is CCCC[n+]1cc(C)n(C)n1.[Cl-]. The molecule has 0 radical (unpaired) electrons. The molecule has 0 fully saturated rings. The van der Waals surface area contributed by atoms with Crippen LogP contribution in [0, 0.1) is 6.92 Å². The van der Waals surface area contributed by atoms with Crippen LogP contribution in [-0.2, 0) is 13.6 Å². The van der Waals surface area contributed by atoms with Crippen molar-refractivity contribution < 1.29 is 17.1 Å². The van der Waals surface area contributed by atoms with Crippen LogP contribution in [0.25, 0.3) is 0 Å². The first kappa shape index (κ1) is 11.4. The lowest BCUT2D eigenvalue weighted by atomic mass is 10.3. The Hall–Kier alpha value is -0.570. The van der Waals surface area contributed by atoms with Crippen LogP contribution in [0.4, 0.5) is 0 Å². The maximum absolute atomic E-state index is 4.28. The quantitative estimate of drug-likeness (QED) is 0.496. The number of aryl methyl sites for hydroxylation is 3. The van der Waals surface area contributed by atoms with Gasteiger partial charge in [0, 0.05) is 6.92 Å². The first-order valence-electron chi connectivity index (χ1n) is 4.14. The monoisotopic (exact) mass is 189 g/mol. The summed E-state index contributed by atoms with van der Waals surface area (Å²) in [4.78, 5) is 0. The van der Waals surface area contributed by atoms with Crippen LogP contribution in [0.2, 0.25) is 0 Å². The van der Waals surface area contributed by atoms with Gasteiger partial charge in [0.25, 0.3) is 0 Å². The predicted molar refractivity (Wildman–Crippen MR) is 43.0 cm³/mol. The zero-order valence-corrected chi connectivity index (χ0v) is 8.67. The third kappa shape index (κ3) is 2.81. The molecular weight excluding hydrogens is 174 g/mol. The van der Waals surface area contributed by atoms with E-state index >= 15 is 0 Å². The standard InChI is InChI=1S/C8H16N3.ClH/c1-4-5-6-11-7-8(2)10(3)9-11;/h7H,4-6H2,1-3H3;1H/q+1;/p-1. The van der Waals surface area contributed by atoms with Gasteiger partial charge in [-0.3, -0.25) is 0 Å². The van der Waals surface area contributed by atoms with Crippen molar-refractivity contribution in [2.45, 2.75) is 33.2 Å². The van der Waals surface area contributed by atoms with Crippen molar-refractivity contribution in [3.63, 3.8) is 0 Å². The molecule has 0 aliphatic heterocycles. The fourth-order valence-electron chi connectivity index (χ4n) is 0.997. The molecule has 0 bridgehead atoms. The second-order valence-corrected chi connectivity index (χ2v) is 2.90. The Bertz CT molecular complexity index is 213. The Kier molecular flexibility index (Phi) is 4.90. The van der Waals surface area contributed by atoms with Crippen molar-refractivity contribution >= 4 is 0 Å². The molecule has 0 aliphatic rings. The molecule has 70 valence electrons. The van der Waals surface area contributed by atoms with E-state index in [1.54, 1.807) is 0 Å². The molecule has 1 heterocycles. The van der Waals surface area contributed by atoms with Crippen LogP contribution in [0.3, 0.4) is 0 Å². The molecule has 12 heavy (non-hydrogen) atoms. The molecule has 1 rings (SSSR count). The maximum Gasteiger partial charge on any atom is 0.164 e. The predicted octanol–water partition coefficient (Wildman–Crippen LogP) is -2.18. The highest BCUT2D eigenvalue weighted by molar-refractivity contribution is 4.82. The molecule has 0 saturated heterocycles. The lowest BCUT2D eigenvalue weighted by Crippen LogP contribution is -3.00. The second kappa shape index (κ2) is 5.14. The van der Waals surface area contributed by atoms with Gasteiger partial charge >= 0.3 is 0 Å². The minimum Gasteiger partial charge on any atom is -1.00 e. The van der Waals surface area contributed by atoms with E-state index in [1.807, 2.05) is 16.4 Å². The number of hydrogen-bond donors (Lipinski definition) is 0. The topological polar surface area (TPSA) is 21.7 Å². The number of rotatable bonds is 3. The molecule has 4 heteroatoms. The molecule has 0 spiro atoms. The summed E-state index contributed by atoms with van der Waals surface area (Å²) in [5, 5.41) is 4.28. The summed E-state index contributed by atoms with van der Waals surface area (Å²) in [6.07, 6.45) is 4.51. The molecule has 0 N–H and O–H groups in total. The molecule has 0 saturated carbocycles. The first-order valence-corrected chi connectivity index (χ1v) is 4.14. The van der Waals surface area contributed by atoms with E-state index in [9.17, 15) is 0 Å². The van der Waals surface area contributed by atoms with Crippen LogP contribution in [0.1, 0.15) is 25.5 Å². The Morgan fingerprint density at radius 1 is 1.58 bits per heavy atom. The number of nitrogens with zero attached hydrogens (tertiary/aromatic N) is 3. The molecule has 0 atom stereocenters. The highest BCUT2D eigenvalue weighted by atomic mass is 35.5.